The Kier molecular flexibility index (Phi) is 3.37. The van der Waals surface area contributed by atoms with E-state index in [9.17, 15) is 32.7 Å². The molecule has 2 aromatic rings. The van der Waals surface area contributed by atoms with Gasteiger partial charge in [0.15, 0.2) is 0 Å². The second-order valence-corrected chi connectivity index (χ2v) is 5.22. The third kappa shape index (κ3) is 2.14. The molecule has 1 aliphatic rings. The van der Waals surface area contributed by atoms with Gasteiger partial charge in [0.25, 0.3) is 17.1 Å². The molecule has 126 valence electrons. The number of benzene rings is 1. The zero-order valence-electron chi connectivity index (χ0n) is 11.8. The lowest BCUT2D eigenvalue weighted by atomic mass is 9.97. The predicted octanol–water partition coefficient (Wildman–Crippen LogP) is 0.287. The molecule has 0 saturated heterocycles. The highest BCUT2D eigenvalue weighted by Crippen LogP contribution is 2.44. The molecule has 0 radical (unpaired) electrons. The number of rotatable bonds is 2. The number of halogens is 3. The van der Waals surface area contributed by atoms with Crippen LogP contribution in [0.5, 0.6) is 0 Å². The monoisotopic (exact) mass is 341 g/mol. The average Bonchev–Trinajstić information content (AvgIpc) is 2.78. The Hall–Kier alpha value is -2.88. The van der Waals surface area contributed by atoms with Gasteiger partial charge in [-0.2, -0.15) is 13.2 Å². The van der Waals surface area contributed by atoms with E-state index in [1.54, 1.807) is 40.6 Å². The zero-order valence-corrected chi connectivity index (χ0v) is 11.8. The number of anilines is 1. The number of carbonyl (C=O) groups is 1. The third-order valence-electron chi connectivity index (χ3n) is 3.72. The highest BCUT2D eigenvalue weighted by Gasteiger charge is 2.66. The molecule has 0 spiro atoms. The molecule has 0 fully saturated rings. The number of alkyl halides is 3. The van der Waals surface area contributed by atoms with Gasteiger partial charge in [-0.15, -0.1) is 0 Å². The first-order chi connectivity index (χ1) is 11.2. The first kappa shape index (κ1) is 16.0. The second-order valence-electron chi connectivity index (χ2n) is 5.22. The van der Waals surface area contributed by atoms with Crippen LogP contribution in [0.4, 0.5) is 19.0 Å². The zero-order chi connectivity index (χ0) is 17.7. The van der Waals surface area contributed by atoms with Crippen LogP contribution in [0.3, 0.4) is 0 Å². The maximum Gasteiger partial charge on any atom is 0.431 e. The lowest BCUT2D eigenvalue weighted by Gasteiger charge is -2.22. The number of H-pyrrole nitrogens is 1. The van der Waals surface area contributed by atoms with Crippen LogP contribution < -0.4 is 16.6 Å². The first-order valence-corrected chi connectivity index (χ1v) is 6.68. The quantitative estimate of drug-likeness (QED) is 0.730. The molecular formula is C14H10F3N3O4. The standard InChI is InChI=1S/C14H10F3N3O4/c15-14(16,17)13(24)8-9(18-11(13)22)20(12(23)19-10(8)21)6-7-4-2-1-3-5-7/h1-5,24H,6H2,(H,18,22)(H,19,21,23). The third-order valence-corrected chi connectivity index (χ3v) is 3.72. The maximum absolute atomic E-state index is 13.2. The van der Waals surface area contributed by atoms with Crippen molar-refractivity contribution >= 4 is 11.7 Å². The van der Waals surface area contributed by atoms with Gasteiger partial charge in [0.05, 0.1) is 6.54 Å². The molecule has 10 heteroatoms. The molecule has 0 bridgehead atoms. The van der Waals surface area contributed by atoms with Crippen LogP contribution >= 0.6 is 0 Å². The minimum Gasteiger partial charge on any atom is -0.368 e. The first-order valence-electron chi connectivity index (χ1n) is 6.68. The summed E-state index contributed by atoms with van der Waals surface area (Å²) < 4.78 is 40.2. The summed E-state index contributed by atoms with van der Waals surface area (Å²) in [6.45, 7) is -0.201. The summed E-state index contributed by atoms with van der Waals surface area (Å²) in [5, 5.41) is 11.6. The van der Waals surface area contributed by atoms with Gasteiger partial charge in [-0.3, -0.25) is 19.1 Å². The van der Waals surface area contributed by atoms with Crippen LogP contribution in [-0.4, -0.2) is 26.7 Å². The van der Waals surface area contributed by atoms with Gasteiger partial charge in [-0.05, 0) is 5.56 Å². The number of nitrogens with one attached hydrogen (secondary N) is 2. The molecule has 3 rings (SSSR count). The number of hydrogen-bond donors (Lipinski definition) is 3. The summed E-state index contributed by atoms with van der Waals surface area (Å²) in [6, 6.07) is 8.22. The van der Waals surface area contributed by atoms with E-state index in [1.165, 1.54) is 0 Å². The fourth-order valence-electron chi connectivity index (χ4n) is 2.54. The highest BCUT2D eigenvalue weighted by molar-refractivity contribution is 6.04. The Bertz CT molecular complexity index is 933. The van der Waals surface area contributed by atoms with Crippen LogP contribution in [0.15, 0.2) is 39.9 Å². The number of amides is 1. The van der Waals surface area contributed by atoms with E-state index in [-0.39, 0.29) is 6.54 Å². The molecule has 0 saturated carbocycles. The SMILES string of the molecule is O=C1Nc2c(c(=O)[nH]c(=O)n2Cc2ccccc2)C1(O)C(F)(F)F. The Balaban J connectivity index is 2.25. The minimum atomic E-state index is -5.43. The van der Waals surface area contributed by atoms with E-state index in [2.05, 4.69) is 0 Å². The smallest absolute Gasteiger partial charge is 0.368 e. The lowest BCUT2D eigenvalue weighted by molar-refractivity contribution is -0.252. The van der Waals surface area contributed by atoms with Gasteiger partial charge >= 0.3 is 11.9 Å². The molecule has 1 aromatic heterocycles. The van der Waals surface area contributed by atoms with Crippen LogP contribution in [0.1, 0.15) is 11.1 Å². The largest absolute Gasteiger partial charge is 0.431 e. The van der Waals surface area contributed by atoms with Crippen molar-refractivity contribution in [1.82, 2.24) is 9.55 Å². The van der Waals surface area contributed by atoms with Crippen LogP contribution in [0.2, 0.25) is 0 Å². The molecule has 2 heterocycles. The van der Waals surface area contributed by atoms with Gasteiger partial charge < -0.3 is 10.4 Å². The number of aliphatic hydroxyl groups is 1. The van der Waals surface area contributed by atoms with Crippen LogP contribution in [0, 0.1) is 0 Å². The predicted molar refractivity (Wildman–Crippen MR) is 75.4 cm³/mol. The molecule has 24 heavy (non-hydrogen) atoms. The number of aromatic nitrogens is 2. The molecule has 0 aliphatic carbocycles. The summed E-state index contributed by atoms with van der Waals surface area (Å²) in [5.74, 6) is -2.50. The Labute approximate surface area is 131 Å². The Morgan fingerprint density at radius 1 is 1.12 bits per heavy atom. The molecular weight excluding hydrogens is 331 g/mol. The Morgan fingerprint density at radius 2 is 1.75 bits per heavy atom. The molecule has 1 atom stereocenters. The van der Waals surface area contributed by atoms with Crippen LogP contribution in [0.25, 0.3) is 0 Å². The molecule has 7 nitrogen and oxygen atoms in total. The fourth-order valence-corrected chi connectivity index (χ4v) is 2.54. The van der Waals surface area contributed by atoms with E-state index < -0.39 is 40.3 Å². The molecule has 1 amide bonds. The molecule has 3 N–H and O–H groups in total. The van der Waals surface area contributed by atoms with Crippen molar-refractivity contribution in [1.29, 1.82) is 0 Å². The average molecular weight is 341 g/mol. The van der Waals surface area contributed by atoms with Crippen LogP contribution in [-0.2, 0) is 16.9 Å². The number of carbonyl (C=O) groups excluding carboxylic acids is 1. The molecule has 1 aromatic carbocycles. The van der Waals surface area contributed by atoms with Crippen molar-refractivity contribution in [3.63, 3.8) is 0 Å². The van der Waals surface area contributed by atoms with Gasteiger partial charge in [0.2, 0.25) is 0 Å². The van der Waals surface area contributed by atoms with Crippen molar-refractivity contribution in [2.24, 2.45) is 0 Å². The van der Waals surface area contributed by atoms with Crippen molar-refractivity contribution < 1.29 is 23.1 Å². The summed E-state index contributed by atoms with van der Waals surface area (Å²) >= 11 is 0. The molecule has 1 aliphatic heterocycles. The van der Waals surface area contributed by atoms with Gasteiger partial charge in [-0.25, -0.2) is 4.79 Å². The summed E-state index contributed by atoms with van der Waals surface area (Å²) in [7, 11) is 0. The summed E-state index contributed by atoms with van der Waals surface area (Å²) in [4.78, 5) is 37.2. The molecule has 1 unspecified atom stereocenters. The van der Waals surface area contributed by atoms with Crippen molar-refractivity contribution in [3.8, 4) is 0 Å². The number of hydrogen-bond acceptors (Lipinski definition) is 4. The van der Waals surface area contributed by atoms with Crippen molar-refractivity contribution in [3.05, 3.63) is 62.3 Å². The van der Waals surface area contributed by atoms with E-state index in [0.29, 0.717) is 5.56 Å². The normalized spacial score (nSPS) is 19.9. The van der Waals surface area contributed by atoms with E-state index in [1.807, 2.05) is 0 Å². The fraction of sp³-hybridized carbons (Fsp3) is 0.214. The maximum atomic E-state index is 13.2. The minimum absolute atomic E-state index is 0.201. The van der Waals surface area contributed by atoms with Crippen molar-refractivity contribution in [2.75, 3.05) is 5.32 Å². The number of nitrogens with zero attached hydrogens (tertiary/aromatic N) is 1. The second kappa shape index (κ2) is 5.06. The Morgan fingerprint density at radius 3 is 2.33 bits per heavy atom. The van der Waals surface area contributed by atoms with Gasteiger partial charge in [-0.1, -0.05) is 30.3 Å². The van der Waals surface area contributed by atoms with Crippen molar-refractivity contribution in [2.45, 2.75) is 18.3 Å². The van der Waals surface area contributed by atoms with E-state index >= 15 is 0 Å². The summed E-state index contributed by atoms with van der Waals surface area (Å²) in [6.07, 6.45) is -5.43. The number of fused-ring (bicyclic) bond motifs is 1. The van der Waals surface area contributed by atoms with E-state index in [4.69, 9.17) is 0 Å². The van der Waals surface area contributed by atoms with Gasteiger partial charge in [0.1, 0.15) is 11.4 Å². The highest BCUT2D eigenvalue weighted by atomic mass is 19.4. The van der Waals surface area contributed by atoms with E-state index in [0.717, 1.165) is 4.57 Å². The lowest BCUT2D eigenvalue weighted by Crippen LogP contribution is -2.50. The van der Waals surface area contributed by atoms with Gasteiger partial charge in [0, 0.05) is 0 Å². The number of aromatic amines is 1. The topological polar surface area (TPSA) is 104 Å². The summed E-state index contributed by atoms with van der Waals surface area (Å²) in [5.41, 5.74) is -7.19.